The fourth-order valence-electron chi connectivity index (χ4n) is 1.82. The Morgan fingerprint density at radius 3 is 2.45 bits per heavy atom. The summed E-state index contributed by atoms with van der Waals surface area (Å²) in [5.41, 5.74) is 4.73. The van der Waals surface area contributed by atoms with Crippen LogP contribution in [0.15, 0.2) is 22.7 Å². The smallest absolute Gasteiger partial charge is 0.110 e. The van der Waals surface area contributed by atoms with Gasteiger partial charge in [0.05, 0.1) is 0 Å². The second-order valence-corrected chi connectivity index (χ2v) is 3.50. The Hall–Kier alpha value is -0.455. The third-order valence-corrected chi connectivity index (χ3v) is 2.46. The first-order chi connectivity index (χ1) is 5.25. The van der Waals surface area contributed by atoms with Gasteiger partial charge in [-0.2, -0.15) is 0 Å². The van der Waals surface area contributed by atoms with Gasteiger partial charge in [-0.25, -0.2) is 0 Å². The molecule has 1 heteroatoms. The van der Waals surface area contributed by atoms with E-state index in [9.17, 15) is 0 Å². The summed E-state index contributed by atoms with van der Waals surface area (Å²) >= 11 is 0. The van der Waals surface area contributed by atoms with Crippen molar-refractivity contribution in [1.82, 2.24) is 0 Å². The molecule has 0 aromatic carbocycles. The van der Waals surface area contributed by atoms with Crippen LogP contribution in [0.25, 0.3) is 0 Å². The Bertz CT molecular complexity index is 195. The van der Waals surface area contributed by atoms with E-state index in [1.807, 2.05) is 0 Å². The molecular weight excluding hydrogens is 131 g/mol. The summed E-state index contributed by atoms with van der Waals surface area (Å²) in [7, 11) is 2.23. The molecular formula is C10H17B. The predicted octanol–water partition coefficient (Wildman–Crippen LogP) is 2.41. The van der Waals surface area contributed by atoms with Gasteiger partial charge in [-0.1, -0.05) is 18.6 Å². The highest BCUT2D eigenvalue weighted by atomic mass is 14.1. The molecule has 0 aromatic rings. The number of hydrogen-bond donors (Lipinski definition) is 0. The number of allylic oxidation sites excluding steroid dienone is 4. The zero-order valence-electron chi connectivity index (χ0n) is 7.91. The van der Waals surface area contributed by atoms with E-state index in [1.54, 1.807) is 11.1 Å². The van der Waals surface area contributed by atoms with Crippen molar-refractivity contribution in [2.24, 2.45) is 0 Å². The van der Waals surface area contributed by atoms with E-state index < -0.39 is 0 Å². The normalized spacial score (nSPS) is 27.3. The molecule has 0 atom stereocenters. The van der Waals surface area contributed by atoms with Crippen molar-refractivity contribution in [1.29, 1.82) is 0 Å². The van der Waals surface area contributed by atoms with Crippen molar-refractivity contribution in [3.05, 3.63) is 22.7 Å². The van der Waals surface area contributed by atoms with E-state index in [4.69, 9.17) is 0 Å². The van der Waals surface area contributed by atoms with Gasteiger partial charge >= 0.3 is 0 Å². The van der Waals surface area contributed by atoms with E-state index >= 15 is 0 Å². The summed E-state index contributed by atoms with van der Waals surface area (Å²) in [6.45, 7) is 4.38. The van der Waals surface area contributed by atoms with Crippen LogP contribution in [0.1, 0.15) is 39.5 Å². The maximum Gasteiger partial charge on any atom is 0.133 e. The minimum Gasteiger partial charge on any atom is -0.110 e. The van der Waals surface area contributed by atoms with Crippen molar-refractivity contribution in [2.75, 3.05) is 0 Å². The van der Waals surface area contributed by atoms with Crippen molar-refractivity contribution in [2.45, 2.75) is 39.5 Å². The molecule has 0 nitrogen and oxygen atoms in total. The topological polar surface area (TPSA) is 0 Å². The predicted molar refractivity (Wildman–Crippen MR) is 53.5 cm³/mol. The van der Waals surface area contributed by atoms with Gasteiger partial charge in [-0.3, -0.25) is 0 Å². The molecule has 0 bridgehead atoms. The van der Waals surface area contributed by atoms with Crippen LogP contribution in [0.4, 0.5) is 0 Å². The van der Waals surface area contributed by atoms with Gasteiger partial charge in [0, 0.05) is 0 Å². The second-order valence-electron chi connectivity index (χ2n) is 3.50. The number of rotatable bonds is 0. The summed E-state index contributed by atoms with van der Waals surface area (Å²) in [6, 6.07) is 0. The van der Waals surface area contributed by atoms with E-state index in [0.717, 1.165) is 0 Å². The van der Waals surface area contributed by atoms with Gasteiger partial charge in [0.15, 0.2) is 0 Å². The quantitative estimate of drug-likeness (QED) is 0.462. The Morgan fingerprint density at radius 1 is 1.36 bits per heavy atom. The lowest BCUT2D eigenvalue weighted by molar-refractivity contribution is 0.676. The van der Waals surface area contributed by atoms with Crippen LogP contribution in [-0.2, 0) is 0 Å². The van der Waals surface area contributed by atoms with Crippen LogP contribution >= 0.6 is 0 Å². The Balaban J connectivity index is 2.84. The molecule has 0 aromatic heterocycles. The molecule has 0 aliphatic heterocycles. The third-order valence-electron chi connectivity index (χ3n) is 2.46. The highest BCUT2D eigenvalue weighted by Gasteiger charge is 2.10. The van der Waals surface area contributed by atoms with Gasteiger partial charge in [-0.15, -0.1) is 5.47 Å². The Labute approximate surface area is 70.8 Å². The summed E-state index contributed by atoms with van der Waals surface area (Å²) in [5, 5.41) is 0. The zero-order valence-corrected chi connectivity index (χ0v) is 7.91. The van der Waals surface area contributed by atoms with Gasteiger partial charge in [0.25, 0.3) is 0 Å². The molecule has 11 heavy (non-hydrogen) atoms. The van der Waals surface area contributed by atoms with Crippen molar-refractivity contribution < 1.29 is 0 Å². The summed E-state index contributed by atoms with van der Waals surface area (Å²) in [6.07, 6.45) is 7.66. The van der Waals surface area contributed by atoms with Crippen LogP contribution in [0.2, 0.25) is 0 Å². The first-order valence-electron chi connectivity index (χ1n) is 4.57. The Morgan fingerprint density at radius 2 is 2.00 bits per heavy atom. The molecule has 0 spiro atoms. The molecule has 0 amide bonds. The second kappa shape index (κ2) is 3.80. The maximum atomic E-state index is 2.28. The van der Waals surface area contributed by atoms with E-state index in [1.165, 1.54) is 31.2 Å². The van der Waals surface area contributed by atoms with Gasteiger partial charge in [-0.05, 0) is 38.2 Å². The molecule has 1 fully saturated rings. The molecule has 1 rings (SSSR count). The average Bonchev–Trinajstić information content (AvgIpc) is 2.04. The minimum absolute atomic E-state index is 1.30. The van der Waals surface area contributed by atoms with E-state index in [0.29, 0.717) is 0 Å². The summed E-state index contributed by atoms with van der Waals surface area (Å²) < 4.78 is 0. The minimum atomic E-state index is 1.30. The van der Waals surface area contributed by atoms with Crippen molar-refractivity contribution in [3.8, 4) is 0 Å². The molecule has 0 saturated heterocycles. The average molecular weight is 148 g/mol. The number of hydrogen-bond acceptors (Lipinski definition) is 0. The highest BCUT2D eigenvalue weighted by molar-refractivity contribution is 6.21. The summed E-state index contributed by atoms with van der Waals surface area (Å²) in [4.78, 5) is 0. The van der Waals surface area contributed by atoms with Gasteiger partial charge in [0.1, 0.15) is 7.85 Å². The molecule has 0 heterocycles. The van der Waals surface area contributed by atoms with E-state index in [-0.39, 0.29) is 0 Å². The molecule has 60 valence electrons. The van der Waals surface area contributed by atoms with Gasteiger partial charge in [0.2, 0.25) is 0 Å². The first-order valence-corrected chi connectivity index (χ1v) is 4.57. The van der Waals surface area contributed by atoms with Crippen molar-refractivity contribution >= 4 is 7.85 Å². The lowest BCUT2D eigenvalue weighted by atomic mass is 9.80. The van der Waals surface area contributed by atoms with Crippen LogP contribution in [0.5, 0.6) is 0 Å². The van der Waals surface area contributed by atoms with Gasteiger partial charge < -0.3 is 0 Å². The van der Waals surface area contributed by atoms with Crippen LogP contribution < -0.4 is 0 Å². The monoisotopic (exact) mass is 148 g/mol. The van der Waals surface area contributed by atoms with Crippen LogP contribution in [-0.4, -0.2) is 7.85 Å². The first kappa shape index (κ1) is 8.64. The molecule has 1 aliphatic rings. The molecule has 1 aliphatic carbocycles. The maximum absolute atomic E-state index is 2.28. The molecule has 1 saturated carbocycles. The summed E-state index contributed by atoms with van der Waals surface area (Å²) in [5.74, 6) is 0. The standard InChI is InChI=1S/C10H17B/c1-3-9-6-4-5-7-10(9)8(2)11/h3H,4-7,11H2,1-2H3/b9-3-,10-8+. The molecule has 0 unspecified atom stereocenters. The highest BCUT2D eigenvalue weighted by Crippen LogP contribution is 2.29. The fourth-order valence-corrected chi connectivity index (χ4v) is 1.82. The largest absolute Gasteiger partial charge is 0.133 e. The fraction of sp³-hybridized carbons (Fsp3) is 0.600. The van der Waals surface area contributed by atoms with Crippen molar-refractivity contribution in [3.63, 3.8) is 0 Å². The Kier molecular flexibility index (Phi) is 2.98. The van der Waals surface area contributed by atoms with Crippen LogP contribution in [0.3, 0.4) is 0 Å². The zero-order chi connectivity index (χ0) is 8.27. The van der Waals surface area contributed by atoms with E-state index in [2.05, 4.69) is 27.8 Å². The lowest BCUT2D eigenvalue weighted by Crippen LogP contribution is -2.01. The third kappa shape index (κ3) is 1.98. The SMILES string of the molecule is B/C(C)=C1\CCCC\C1=C\C. The van der Waals surface area contributed by atoms with Crippen LogP contribution in [0, 0.1) is 0 Å². The lowest BCUT2D eigenvalue weighted by Gasteiger charge is -2.19. The molecule has 0 radical (unpaired) electrons. The molecule has 0 N–H and O–H groups in total.